The second-order valence-electron chi connectivity index (χ2n) is 5.52. The first kappa shape index (κ1) is 18.6. The molecule has 0 saturated carbocycles. The Morgan fingerprint density at radius 2 is 1.88 bits per heavy atom. The Labute approximate surface area is 144 Å². The molecule has 0 heterocycles. The number of hydrogen-bond acceptors (Lipinski definition) is 2. The molecule has 0 aliphatic heterocycles. The summed E-state index contributed by atoms with van der Waals surface area (Å²) in [6.45, 7) is 1.90. The zero-order valence-electron chi connectivity index (χ0n) is 13.9. The van der Waals surface area contributed by atoms with E-state index in [1.54, 1.807) is 38.3 Å². The Hall–Kier alpha value is -2.70. The second kappa shape index (κ2) is 7.92. The van der Waals surface area contributed by atoms with Crippen molar-refractivity contribution >= 4 is 6.03 Å². The van der Waals surface area contributed by atoms with Gasteiger partial charge in [-0.25, -0.2) is 4.79 Å². The Balaban J connectivity index is 1.93. The molecule has 0 fully saturated rings. The molecule has 2 aromatic carbocycles. The lowest BCUT2D eigenvalue weighted by Gasteiger charge is -2.17. The van der Waals surface area contributed by atoms with E-state index in [0.717, 1.165) is 17.7 Å². The van der Waals surface area contributed by atoms with Crippen LogP contribution < -0.4 is 15.4 Å². The zero-order valence-corrected chi connectivity index (χ0v) is 13.9. The minimum atomic E-state index is -4.41. The second-order valence-corrected chi connectivity index (χ2v) is 5.52. The van der Waals surface area contributed by atoms with Gasteiger partial charge in [0, 0.05) is 6.54 Å². The average molecular weight is 352 g/mol. The van der Waals surface area contributed by atoms with Crippen LogP contribution in [0, 0.1) is 0 Å². The highest BCUT2D eigenvalue weighted by Crippen LogP contribution is 2.30. The molecule has 0 spiro atoms. The van der Waals surface area contributed by atoms with Crippen molar-refractivity contribution in [3.63, 3.8) is 0 Å². The Kier molecular flexibility index (Phi) is 5.90. The third-order valence-electron chi connectivity index (χ3n) is 3.65. The zero-order chi connectivity index (χ0) is 18.4. The van der Waals surface area contributed by atoms with Gasteiger partial charge in [-0.1, -0.05) is 24.3 Å². The van der Waals surface area contributed by atoms with Crippen LogP contribution in [0.25, 0.3) is 0 Å². The highest BCUT2D eigenvalue weighted by molar-refractivity contribution is 5.74. The minimum absolute atomic E-state index is 0.276. The Morgan fingerprint density at radius 3 is 2.56 bits per heavy atom. The van der Waals surface area contributed by atoms with E-state index < -0.39 is 23.8 Å². The number of carbonyl (C=O) groups excluding carboxylic acids is 1. The molecule has 4 nitrogen and oxygen atoms in total. The number of hydrogen-bond donors (Lipinski definition) is 2. The maximum atomic E-state index is 12.8. The maximum absolute atomic E-state index is 12.8. The number of amides is 2. The SMILES string of the molecule is COc1cccc(CNC(=O)NC(C)c2cccc(C(F)(F)F)c2)c1. The van der Waals surface area contributed by atoms with Crippen molar-refractivity contribution in [2.45, 2.75) is 25.7 Å². The Morgan fingerprint density at radius 1 is 1.16 bits per heavy atom. The smallest absolute Gasteiger partial charge is 0.416 e. The first-order valence-electron chi connectivity index (χ1n) is 7.64. The lowest BCUT2D eigenvalue weighted by Crippen LogP contribution is -2.36. The number of ether oxygens (including phenoxy) is 1. The van der Waals surface area contributed by atoms with Gasteiger partial charge in [0.05, 0.1) is 18.7 Å². The molecule has 2 aromatic rings. The van der Waals surface area contributed by atoms with Crippen molar-refractivity contribution in [1.29, 1.82) is 0 Å². The van der Waals surface area contributed by atoms with Crippen LogP contribution in [0.5, 0.6) is 5.75 Å². The van der Waals surface area contributed by atoms with E-state index in [1.165, 1.54) is 6.07 Å². The number of methoxy groups -OCH3 is 1. The van der Waals surface area contributed by atoms with Gasteiger partial charge in [-0.15, -0.1) is 0 Å². The van der Waals surface area contributed by atoms with E-state index in [4.69, 9.17) is 4.74 Å². The number of nitrogens with one attached hydrogen (secondary N) is 2. The molecule has 0 radical (unpaired) electrons. The van der Waals surface area contributed by atoms with Gasteiger partial charge in [-0.05, 0) is 42.3 Å². The molecule has 0 aliphatic carbocycles. The molecular weight excluding hydrogens is 333 g/mol. The molecule has 2 amide bonds. The van der Waals surface area contributed by atoms with E-state index in [1.807, 2.05) is 6.07 Å². The number of rotatable bonds is 5. The standard InChI is InChI=1S/C18H19F3N2O2/c1-12(14-6-4-7-15(10-14)18(19,20)21)23-17(24)22-11-13-5-3-8-16(9-13)25-2/h3-10,12H,11H2,1-2H3,(H2,22,23,24). The Bertz CT molecular complexity index is 732. The molecule has 0 saturated heterocycles. The molecule has 25 heavy (non-hydrogen) atoms. The summed E-state index contributed by atoms with van der Waals surface area (Å²) in [5, 5.41) is 5.29. The highest BCUT2D eigenvalue weighted by Gasteiger charge is 2.30. The van der Waals surface area contributed by atoms with E-state index in [-0.39, 0.29) is 6.54 Å². The van der Waals surface area contributed by atoms with Crippen molar-refractivity contribution in [2.75, 3.05) is 7.11 Å². The molecule has 1 atom stereocenters. The topological polar surface area (TPSA) is 50.4 Å². The van der Waals surface area contributed by atoms with Crippen LogP contribution in [0.3, 0.4) is 0 Å². The number of urea groups is 1. The highest BCUT2D eigenvalue weighted by atomic mass is 19.4. The van der Waals surface area contributed by atoms with Crippen LogP contribution in [0.15, 0.2) is 48.5 Å². The molecule has 0 aromatic heterocycles. The largest absolute Gasteiger partial charge is 0.497 e. The van der Waals surface area contributed by atoms with E-state index in [9.17, 15) is 18.0 Å². The summed E-state index contributed by atoms with van der Waals surface area (Å²) in [5.74, 6) is 0.678. The summed E-state index contributed by atoms with van der Waals surface area (Å²) in [6, 6.07) is 11.1. The summed E-state index contributed by atoms with van der Waals surface area (Å²) >= 11 is 0. The third kappa shape index (κ3) is 5.41. The number of carbonyl (C=O) groups is 1. The lowest BCUT2D eigenvalue weighted by molar-refractivity contribution is -0.137. The normalized spacial score (nSPS) is 12.4. The molecule has 0 bridgehead atoms. The van der Waals surface area contributed by atoms with Crippen LogP contribution in [-0.2, 0) is 12.7 Å². The predicted molar refractivity (Wildman–Crippen MR) is 88.2 cm³/mol. The van der Waals surface area contributed by atoms with Crippen LogP contribution in [-0.4, -0.2) is 13.1 Å². The fraction of sp³-hybridized carbons (Fsp3) is 0.278. The molecule has 1 unspecified atom stereocenters. The fourth-order valence-electron chi connectivity index (χ4n) is 2.28. The van der Waals surface area contributed by atoms with E-state index in [0.29, 0.717) is 11.3 Å². The predicted octanol–water partition coefficient (Wildman–Crippen LogP) is 4.27. The number of alkyl halides is 3. The summed E-state index contributed by atoms with van der Waals surface area (Å²) in [4.78, 5) is 12.0. The molecule has 2 N–H and O–H groups in total. The summed E-state index contributed by atoms with van der Waals surface area (Å²) in [7, 11) is 1.55. The monoisotopic (exact) mass is 352 g/mol. The molecule has 0 aliphatic rings. The van der Waals surface area contributed by atoms with Crippen LogP contribution in [0.4, 0.5) is 18.0 Å². The van der Waals surface area contributed by atoms with Crippen LogP contribution in [0.2, 0.25) is 0 Å². The summed E-state index contributed by atoms with van der Waals surface area (Å²) < 4.78 is 43.4. The van der Waals surface area contributed by atoms with Gasteiger partial charge < -0.3 is 15.4 Å². The van der Waals surface area contributed by atoms with Crippen molar-refractivity contribution < 1.29 is 22.7 Å². The molecule has 7 heteroatoms. The van der Waals surface area contributed by atoms with Gasteiger partial charge in [0.2, 0.25) is 0 Å². The third-order valence-corrected chi connectivity index (χ3v) is 3.65. The van der Waals surface area contributed by atoms with Gasteiger partial charge in [-0.3, -0.25) is 0 Å². The molecule has 134 valence electrons. The maximum Gasteiger partial charge on any atom is 0.416 e. The lowest BCUT2D eigenvalue weighted by atomic mass is 10.1. The van der Waals surface area contributed by atoms with Gasteiger partial charge >= 0.3 is 12.2 Å². The number of halogens is 3. The van der Waals surface area contributed by atoms with Gasteiger partial charge in [0.15, 0.2) is 0 Å². The minimum Gasteiger partial charge on any atom is -0.497 e. The summed E-state index contributed by atoms with van der Waals surface area (Å²) in [5.41, 5.74) is 0.489. The van der Waals surface area contributed by atoms with Crippen molar-refractivity contribution in [1.82, 2.24) is 10.6 Å². The van der Waals surface area contributed by atoms with Crippen molar-refractivity contribution in [2.24, 2.45) is 0 Å². The fourth-order valence-corrected chi connectivity index (χ4v) is 2.28. The first-order valence-corrected chi connectivity index (χ1v) is 7.64. The van der Waals surface area contributed by atoms with E-state index >= 15 is 0 Å². The quantitative estimate of drug-likeness (QED) is 0.844. The molecule has 2 rings (SSSR count). The van der Waals surface area contributed by atoms with Gasteiger partial charge in [0.25, 0.3) is 0 Å². The van der Waals surface area contributed by atoms with Crippen molar-refractivity contribution in [3.05, 3.63) is 65.2 Å². The van der Waals surface area contributed by atoms with Gasteiger partial charge in [0.1, 0.15) is 5.75 Å². The van der Waals surface area contributed by atoms with Crippen LogP contribution >= 0.6 is 0 Å². The van der Waals surface area contributed by atoms with Crippen molar-refractivity contribution in [3.8, 4) is 5.75 Å². The first-order chi connectivity index (χ1) is 11.8. The van der Waals surface area contributed by atoms with E-state index in [2.05, 4.69) is 10.6 Å². The number of benzene rings is 2. The van der Waals surface area contributed by atoms with Crippen LogP contribution in [0.1, 0.15) is 29.7 Å². The average Bonchev–Trinajstić information content (AvgIpc) is 2.59. The summed E-state index contributed by atoms with van der Waals surface area (Å²) in [6.07, 6.45) is -4.41. The molecular formula is C18H19F3N2O2. The van der Waals surface area contributed by atoms with Gasteiger partial charge in [-0.2, -0.15) is 13.2 Å².